The van der Waals surface area contributed by atoms with E-state index < -0.39 is 0 Å². The molecule has 1 amide bonds. The Morgan fingerprint density at radius 3 is 2.56 bits per heavy atom. The highest BCUT2D eigenvalue weighted by Crippen LogP contribution is 2.16. The lowest BCUT2D eigenvalue weighted by atomic mass is 10.1. The van der Waals surface area contributed by atoms with Crippen molar-refractivity contribution in [2.24, 2.45) is 0 Å². The first-order valence-corrected chi connectivity index (χ1v) is 9.36. The largest absolute Gasteiger partial charge is 0.336 e. The molecular formula is C21H20ClN3O2. The number of piperazine rings is 1. The van der Waals surface area contributed by atoms with Gasteiger partial charge in [-0.15, -0.1) is 0 Å². The minimum Gasteiger partial charge on any atom is -0.336 e. The number of para-hydroxylation sites is 1. The van der Waals surface area contributed by atoms with E-state index in [2.05, 4.69) is 9.88 Å². The number of aromatic amines is 1. The molecule has 1 saturated heterocycles. The molecule has 1 N–H and O–H groups in total. The Morgan fingerprint density at radius 2 is 1.78 bits per heavy atom. The molecule has 0 radical (unpaired) electrons. The van der Waals surface area contributed by atoms with Crippen LogP contribution in [0.2, 0.25) is 5.02 Å². The minimum absolute atomic E-state index is 0.000650. The molecule has 0 saturated carbocycles. The maximum absolute atomic E-state index is 12.6. The van der Waals surface area contributed by atoms with Crippen LogP contribution in [0.3, 0.4) is 0 Å². The molecule has 5 nitrogen and oxygen atoms in total. The maximum Gasteiger partial charge on any atom is 0.253 e. The summed E-state index contributed by atoms with van der Waals surface area (Å²) in [6.45, 7) is 3.32. The number of fused-ring (bicyclic) bond motifs is 1. The number of benzene rings is 2. The van der Waals surface area contributed by atoms with Crippen LogP contribution in [-0.4, -0.2) is 46.9 Å². The lowest BCUT2D eigenvalue weighted by Crippen LogP contribution is -2.48. The third-order valence-corrected chi connectivity index (χ3v) is 5.19. The molecule has 27 heavy (non-hydrogen) atoms. The summed E-state index contributed by atoms with van der Waals surface area (Å²) in [6, 6.07) is 16.8. The molecule has 0 bridgehead atoms. The van der Waals surface area contributed by atoms with E-state index in [9.17, 15) is 9.59 Å². The van der Waals surface area contributed by atoms with Crippen LogP contribution >= 0.6 is 11.6 Å². The average Bonchev–Trinajstić information content (AvgIpc) is 2.68. The van der Waals surface area contributed by atoms with Crippen LogP contribution in [-0.2, 0) is 6.54 Å². The topological polar surface area (TPSA) is 56.4 Å². The predicted molar refractivity (Wildman–Crippen MR) is 107 cm³/mol. The Bertz CT molecular complexity index is 1040. The van der Waals surface area contributed by atoms with Crippen LogP contribution < -0.4 is 5.56 Å². The monoisotopic (exact) mass is 381 g/mol. The van der Waals surface area contributed by atoms with Gasteiger partial charge in [-0.3, -0.25) is 14.5 Å². The van der Waals surface area contributed by atoms with E-state index in [4.69, 9.17) is 11.6 Å². The van der Waals surface area contributed by atoms with Crippen molar-refractivity contribution in [2.75, 3.05) is 26.2 Å². The molecule has 6 heteroatoms. The highest BCUT2D eigenvalue weighted by atomic mass is 35.5. The number of halogens is 1. The fourth-order valence-corrected chi connectivity index (χ4v) is 3.65. The van der Waals surface area contributed by atoms with Crippen molar-refractivity contribution in [3.8, 4) is 0 Å². The average molecular weight is 382 g/mol. The molecule has 138 valence electrons. The van der Waals surface area contributed by atoms with Crippen molar-refractivity contribution in [2.45, 2.75) is 6.54 Å². The maximum atomic E-state index is 12.6. The van der Waals surface area contributed by atoms with Gasteiger partial charge in [0.25, 0.3) is 11.5 Å². The molecule has 1 aliphatic rings. The number of carbonyl (C=O) groups is 1. The summed E-state index contributed by atoms with van der Waals surface area (Å²) < 4.78 is 0. The molecule has 1 fully saturated rings. The van der Waals surface area contributed by atoms with Gasteiger partial charge in [0.1, 0.15) is 0 Å². The molecule has 1 aromatic heterocycles. The van der Waals surface area contributed by atoms with Crippen LogP contribution in [0.25, 0.3) is 10.9 Å². The number of hydrogen-bond donors (Lipinski definition) is 1. The number of hydrogen-bond acceptors (Lipinski definition) is 3. The Balaban J connectivity index is 1.42. The van der Waals surface area contributed by atoms with Gasteiger partial charge in [-0.25, -0.2) is 0 Å². The number of carbonyl (C=O) groups excluding carboxylic acids is 1. The first kappa shape index (κ1) is 17.8. The molecule has 2 heterocycles. The number of H-pyrrole nitrogens is 1. The van der Waals surface area contributed by atoms with Gasteiger partial charge in [0.15, 0.2) is 0 Å². The quantitative estimate of drug-likeness (QED) is 0.758. The van der Waals surface area contributed by atoms with Gasteiger partial charge in [0.05, 0.1) is 0 Å². The molecule has 0 aliphatic carbocycles. The number of aromatic nitrogens is 1. The summed E-state index contributed by atoms with van der Waals surface area (Å²) in [5.74, 6) is 0.000650. The van der Waals surface area contributed by atoms with Gasteiger partial charge < -0.3 is 9.88 Å². The molecule has 3 aromatic rings. The smallest absolute Gasteiger partial charge is 0.253 e. The number of amides is 1. The van der Waals surface area contributed by atoms with Gasteiger partial charge in [-0.05, 0) is 35.7 Å². The molecule has 0 atom stereocenters. The second kappa shape index (κ2) is 7.55. The van der Waals surface area contributed by atoms with Crippen molar-refractivity contribution in [1.29, 1.82) is 0 Å². The van der Waals surface area contributed by atoms with E-state index in [-0.39, 0.29) is 11.5 Å². The normalized spacial score (nSPS) is 15.2. The number of nitrogens with zero attached hydrogens (tertiary/aromatic N) is 2. The van der Waals surface area contributed by atoms with Crippen molar-refractivity contribution in [1.82, 2.24) is 14.8 Å². The van der Waals surface area contributed by atoms with Crippen molar-refractivity contribution >= 4 is 28.4 Å². The number of rotatable bonds is 3. The van der Waals surface area contributed by atoms with Gasteiger partial charge in [-0.1, -0.05) is 35.9 Å². The highest BCUT2D eigenvalue weighted by molar-refractivity contribution is 6.30. The third kappa shape index (κ3) is 3.89. The van der Waals surface area contributed by atoms with Crippen LogP contribution in [0.15, 0.2) is 59.4 Å². The SMILES string of the molecule is O=C(c1cccc(Cl)c1)N1CCN(Cc2cc3ccccc3[nH]c2=O)CC1. The zero-order chi connectivity index (χ0) is 18.8. The Kier molecular flexibility index (Phi) is 4.97. The summed E-state index contributed by atoms with van der Waals surface area (Å²) >= 11 is 5.99. The summed E-state index contributed by atoms with van der Waals surface area (Å²) in [4.78, 5) is 31.9. The van der Waals surface area contributed by atoms with E-state index in [1.807, 2.05) is 35.2 Å². The Labute approximate surface area is 162 Å². The summed E-state index contributed by atoms with van der Waals surface area (Å²) in [7, 11) is 0. The zero-order valence-electron chi connectivity index (χ0n) is 14.8. The van der Waals surface area contributed by atoms with Gasteiger partial charge in [0, 0.05) is 54.4 Å². The fraction of sp³-hybridized carbons (Fsp3) is 0.238. The van der Waals surface area contributed by atoms with E-state index in [0.717, 1.165) is 29.6 Å². The lowest BCUT2D eigenvalue weighted by molar-refractivity contribution is 0.0628. The zero-order valence-corrected chi connectivity index (χ0v) is 15.6. The molecule has 1 aliphatic heterocycles. The fourth-order valence-electron chi connectivity index (χ4n) is 3.46. The summed E-state index contributed by atoms with van der Waals surface area (Å²) in [5.41, 5.74) is 2.17. The van der Waals surface area contributed by atoms with E-state index >= 15 is 0 Å². The van der Waals surface area contributed by atoms with E-state index in [1.165, 1.54) is 0 Å². The van der Waals surface area contributed by atoms with Crippen molar-refractivity contribution < 1.29 is 4.79 Å². The van der Waals surface area contributed by atoms with E-state index in [1.54, 1.807) is 24.3 Å². The first-order valence-electron chi connectivity index (χ1n) is 8.98. The molecule has 4 rings (SSSR count). The Morgan fingerprint density at radius 1 is 1.00 bits per heavy atom. The van der Waals surface area contributed by atoms with Crippen LogP contribution in [0.1, 0.15) is 15.9 Å². The Hall–Kier alpha value is -2.63. The molecular weight excluding hydrogens is 362 g/mol. The lowest BCUT2D eigenvalue weighted by Gasteiger charge is -2.34. The summed E-state index contributed by atoms with van der Waals surface area (Å²) in [6.07, 6.45) is 0. The molecule has 0 unspecified atom stereocenters. The predicted octanol–water partition coefficient (Wildman–Crippen LogP) is 3.14. The third-order valence-electron chi connectivity index (χ3n) is 4.96. The number of nitrogens with one attached hydrogen (secondary N) is 1. The van der Waals surface area contributed by atoms with Crippen molar-refractivity contribution in [3.05, 3.63) is 81.1 Å². The minimum atomic E-state index is -0.0499. The van der Waals surface area contributed by atoms with Crippen molar-refractivity contribution in [3.63, 3.8) is 0 Å². The van der Waals surface area contributed by atoms with E-state index in [0.29, 0.717) is 30.2 Å². The van der Waals surface area contributed by atoms with Crippen LogP contribution in [0.4, 0.5) is 0 Å². The molecule has 0 spiro atoms. The number of pyridine rings is 1. The van der Waals surface area contributed by atoms with Crippen LogP contribution in [0, 0.1) is 0 Å². The highest BCUT2D eigenvalue weighted by Gasteiger charge is 2.22. The molecule has 2 aromatic carbocycles. The second-order valence-electron chi connectivity index (χ2n) is 6.79. The first-order chi connectivity index (χ1) is 13.1. The standard InChI is InChI=1S/C21H20ClN3O2/c22-18-6-3-5-16(13-18)21(27)25-10-8-24(9-11-25)14-17-12-15-4-1-2-7-19(15)23-20(17)26/h1-7,12-13H,8-11,14H2,(H,23,26). The van der Waals surface area contributed by atoms with Gasteiger partial charge in [0.2, 0.25) is 0 Å². The van der Waals surface area contributed by atoms with Gasteiger partial charge in [-0.2, -0.15) is 0 Å². The van der Waals surface area contributed by atoms with Gasteiger partial charge >= 0.3 is 0 Å². The summed E-state index contributed by atoms with van der Waals surface area (Å²) in [5, 5.41) is 1.59. The second-order valence-corrected chi connectivity index (χ2v) is 7.23. The van der Waals surface area contributed by atoms with Crippen LogP contribution in [0.5, 0.6) is 0 Å².